The topological polar surface area (TPSA) is 236 Å². The molecule has 129 heavy (non-hydrogen) atoms. The van der Waals surface area contributed by atoms with Crippen LogP contribution in [0, 0.1) is 80.8 Å². The van der Waals surface area contributed by atoms with Gasteiger partial charge in [0.15, 0.2) is 0 Å². The van der Waals surface area contributed by atoms with E-state index in [9.17, 15) is 38.4 Å². The number of amides is 6. The molecule has 0 fully saturated rings. The molecule has 0 bridgehead atoms. The Morgan fingerprint density at radius 2 is 0.504 bits per heavy atom. The van der Waals surface area contributed by atoms with Gasteiger partial charge in [-0.2, -0.15) is 0 Å². The van der Waals surface area contributed by atoms with Crippen LogP contribution >= 0.6 is 0 Å². The normalized spacial score (nSPS) is 18.6. The van der Waals surface area contributed by atoms with Gasteiger partial charge in [0.25, 0.3) is 0 Å². The molecule has 4 aliphatic carbocycles. The van der Waals surface area contributed by atoms with Crippen LogP contribution < -0.4 is 31.9 Å². The quantitative estimate of drug-likeness (QED) is 0.0247. The number of carbonyl (C=O) groups is 8. The first kappa shape index (κ1) is 116. The van der Waals surface area contributed by atoms with Crippen LogP contribution in [0.2, 0.25) is 0 Å². The molecule has 0 heterocycles. The summed E-state index contributed by atoms with van der Waals surface area (Å²) in [5.74, 6) is 2.97. The summed E-state index contributed by atoms with van der Waals surface area (Å²) in [6.07, 6.45) is 47.9. The molecule has 0 radical (unpaired) electrons. The molecule has 0 spiro atoms. The van der Waals surface area contributed by atoms with Crippen LogP contribution in [-0.4, -0.2) is 126 Å². The van der Waals surface area contributed by atoms with E-state index in [4.69, 9.17) is 14.2 Å². The summed E-state index contributed by atoms with van der Waals surface area (Å²) in [7, 11) is 0. The Balaban J connectivity index is 1.07. The van der Waals surface area contributed by atoms with Crippen molar-refractivity contribution in [3.63, 3.8) is 0 Å². The molecule has 6 amide bonds. The number of hydrogen-bond acceptors (Lipinski definition) is 11. The van der Waals surface area contributed by atoms with Gasteiger partial charge in [-0.3, -0.25) is 38.4 Å². The Morgan fingerprint density at radius 1 is 0.264 bits per heavy atom. The monoisotopic (exact) mass is 1810 g/mol. The fourth-order valence-corrected chi connectivity index (χ4v) is 21.8. The number of ketones is 2. The first-order valence-electron chi connectivity index (χ1n) is 53.4. The Labute approximate surface area is 790 Å². The van der Waals surface area contributed by atoms with Gasteiger partial charge in [-0.05, 0) is 276 Å². The van der Waals surface area contributed by atoms with Gasteiger partial charge in [0.05, 0.1) is 13.2 Å². The first-order valence-corrected chi connectivity index (χ1v) is 53.4. The Bertz CT molecular complexity index is 3160. The van der Waals surface area contributed by atoms with Crippen molar-refractivity contribution in [2.75, 3.05) is 78.9 Å². The zero-order valence-electron chi connectivity index (χ0n) is 87.1. The van der Waals surface area contributed by atoms with Crippen molar-refractivity contribution in [2.45, 2.75) is 460 Å². The van der Waals surface area contributed by atoms with Crippen LogP contribution in [-0.2, 0) is 52.6 Å². The van der Waals surface area contributed by atoms with E-state index in [-0.39, 0.29) is 97.7 Å². The Kier molecular flexibility index (Phi) is 58.5. The second-order valence-corrected chi connectivity index (χ2v) is 45.1. The number of Topliss-reactive ketones (excluding diaryl/α,β-unsaturated/α-hetero) is 2. The molecule has 10 atom stereocenters. The fraction of sp³-hybridized carbons (Fsp3) is 0.857. The second kappa shape index (κ2) is 64.9. The van der Waals surface area contributed by atoms with Gasteiger partial charge >= 0.3 is 0 Å². The highest BCUT2D eigenvalue weighted by molar-refractivity contribution is 5.88. The van der Waals surface area contributed by atoms with Crippen LogP contribution in [0.1, 0.15) is 460 Å². The van der Waals surface area contributed by atoms with Crippen LogP contribution in [0.4, 0.5) is 0 Å². The van der Waals surface area contributed by atoms with Gasteiger partial charge < -0.3 is 46.1 Å². The van der Waals surface area contributed by atoms with E-state index >= 15 is 0 Å². The van der Waals surface area contributed by atoms with Gasteiger partial charge in [0, 0.05) is 129 Å². The molecule has 0 aromatic heterocycles. The minimum Gasteiger partial charge on any atom is -0.381 e. The zero-order valence-corrected chi connectivity index (χ0v) is 87.1. The Morgan fingerprint density at radius 3 is 0.783 bits per heavy atom. The molecule has 744 valence electrons. The molecule has 4 aliphatic rings. The molecule has 17 nitrogen and oxygen atoms in total. The predicted octanol–water partition coefficient (Wildman–Crippen LogP) is 26.1. The van der Waals surface area contributed by atoms with E-state index in [1.165, 1.54) is 154 Å². The third-order valence-corrected chi connectivity index (χ3v) is 30.4. The lowest BCUT2D eigenvalue weighted by Gasteiger charge is -2.35. The molecule has 0 aromatic rings. The lowest BCUT2D eigenvalue weighted by molar-refractivity contribution is -0.130. The number of hydrogen-bond donors (Lipinski definition) is 6. The smallest absolute Gasteiger partial charge is 0.223 e. The SMILES string of the molecule is CC1=C(CCC(C)CCCC(C)CC(=O)CC(CCCCNC(=O)CC(C)CCCC(C)CCC2=C(C)CCCC2(C)C)C(=O)NCCCOCCCNC(=O)CCOCCC(=O)NCCCOCCCNC(=O)C(CCCCNC(=O)CC(C)CCCC(C)CCC2=C(C)CCCC2(C)C)CC(=O)CC(C)CCCC(C)CCC2=C(C)CCCC2(C)C)C(C)(C)CCC1. The molecule has 0 saturated carbocycles. The minimum absolute atomic E-state index is 0.0912. The standard InChI is InChI=1S/C112H200N6O11/c1-83(51-55-99-91(9)45-29-61-109(99,13)14)37-25-41-87(5)77-97(119)81-95(49-21-23-65-115-105(123)79-89(7)43-27-39-85(3)53-57-101-93(11)47-31-63-111(101,17)18)107(125)117-69-35-73-127-71-33-67-113-103(121)59-75-129-76-60-104(122)114-68-34-72-128-74-36-70-118-108(126)96(82-98(120)78-88(6)42-26-38-84(2)52-56-100-92(10)46-30-62-110(100,15)16)50-22-24-66-116-106(124)80-90(8)44-28-40-86(4)54-58-102-94(12)48-32-64-112(102,19)20/h83-90,95-96H,21-82H2,1-20H3,(H,113,121)(H,114,122)(H,115,123)(H,116,124)(H,117,125)(H,118,126). The summed E-state index contributed by atoms with van der Waals surface area (Å²) in [5.41, 5.74) is 14.5. The van der Waals surface area contributed by atoms with Gasteiger partial charge in [-0.15, -0.1) is 0 Å². The number of allylic oxidation sites excluding steroid dienone is 8. The summed E-state index contributed by atoms with van der Waals surface area (Å²) < 4.78 is 17.4. The molecule has 6 N–H and O–H groups in total. The summed E-state index contributed by atoms with van der Waals surface area (Å²) >= 11 is 0. The maximum absolute atomic E-state index is 13.8. The van der Waals surface area contributed by atoms with Crippen molar-refractivity contribution < 1.29 is 52.6 Å². The van der Waals surface area contributed by atoms with Gasteiger partial charge in [-0.1, -0.05) is 245 Å². The van der Waals surface area contributed by atoms with E-state index < -0.39 is 11.8 Å². The fourth-order valence-electron chi connectivity index (χ4n) is 21.8. The van der Waals surface area contributed by atoms with Crippen molar-refractivity contribution in [3.05, 3.63) is 44.6 Å². The lowest BCUT2D eigenvalue weighted by atomic mass is 9.70. The molecule has 0 saturated heterocycles. The van der Waals surface area contributed by atoms with Gasteiger partial charge in [-0.25, -0.2) is 0 Å². The van der Waals surface area contributed by atoms with E-state index in [0.29, 0.717) is 187 Å². The molecular weight excluding hydrogens is 1610 g/mol. The summed E-state index contributed by atoms with van der Waals surface area (Å²) in [6.45, 7) is 52.1. The Hall–Kier alpha value is -5.00. The average Bonchev–Trinajstić information content (AvgIpc) is 0.835. The average molecular weight is 1810 g/mol. The maximum Gasteiger partial charge on any atom is 0.223 e. The molecular formula is C112H200N6O11. The van der Waals surface area contributed by atoms with E-state index in [1.807, 2.05) is 0 Å². The third-order valence-electron chi connectivity index (χ3n) is 30.4. The van der Waals surface area contributed by atoms with Gasteiger partial charge in [0.1, 0.15) is 11.6 Å². The van der Waals surface area contributed by atoms with E-state index in [2.05, 4.69) is 170 Å². The van der Waals surface area contributed by atoms with Crippen molar-refractivity contribution in [1.29, 1.82) is 0 Å². The third kappa shape index (κ3) is 51.5. The van der Waals surface area contributed by atoms with Crippen molar-refractivity contribution in [2.24, 2.45) is 80.8 Å². The lowest BCUT2D eigenvalue weighted by Crippen LogP contribution is -2.33. The number of nitrogens with one attached hydrogen (secondary N) is 6. The molecule has 0 aromatic carbocycles. The van der Waals surface area contributed by atoms with Crippen LogP contribution in [0.3, 0.4) is 0 Å². The predicted molar refractivity (Wildman–Crippen MR) is 538 cm³/mol. The second-order valence-electron chi connectivity index (χ2n) is 45.1. The molecule has 0 aliphatic heterocycles. The maximum atomic E-state index is 13.8. The highest BCUT2D eigenvalue weighted by Gasteiger charge is 2.34. The first-order chi connectivity index (χ1) is 61.3. The van der Waals surface area contributed by atoms with E-state index in [0.717, 1.165) is 77.0 Å². The summed E-state index contributed by atoms with van der Waals surface area (Å²) in [4.78, 5) is 106. The van der Waals surface area contributed by atoms with Crippen molar-refractivity contribution >= 4 is 47.0 Å². The number of unbranched alkanes of at least 4 members (excludes halogenated alkanes) is 2. The molecule has 4 rings (SSSR count). The molecule has 10 unspecified atom stereocenters. The van der Waals surface area contributed by atoms with Crippen LogP contribution in [0.25, 0.3) is 0 Å². The summed E-state index contributed by atoms with van der Waals surface area (Å²) in [6, 6.07) is 0. The van der Waals surface area contributed by atoms with E-state index in [1.54, 1.807) is 44.6 Å². The zero-order chi connectivity index (χ0) is 95.2. The largest absolute Gasteiger partial charge is 0.381 e. The molecule has 17 heteroatoms. The number of rotatable bonds is 74. The van der Waals surface area contributed by atoms with Crippen molar-refractivity contribution in [3.8, 4) is 0 Å². The van der Waals surface area contributed by atoms with Crippen molar-refractivity contribution in [1.82, 2.24) is 31.9 Å². The summed E-state index contributed by atoms with van der Waals surface area (Å²) in [5, 5.41) is 18.4. The van der Waals surface area contributed by atoms with Crippen LogP contribution in [0.15, 0.2) is 44.6 Å². The number of carbonyl (C=O) groups excluding carboxylic acids is 8. The van der Waals surface area contributed by atoms with Crippen LogP contribution in [0.5, 0.6) is 0 Å². The highest BCUT2D eigenvalue weighted by atomic mass is 16.5. The highest BCUT2D eigenvalue weighted by Crippen LogP contribution is 2.47. The minimum atomic E-state index is -0.425. The van der Waals surface area contributed by atoms with Gasteiger partial charge in [0.2, 0.25) is 35.4 Å². The number of ether oxygens (including phenoxy) is 3.